The minimum Gasteiger partial charge on any atom is -0.382 e. The SMILES string of the molecule is Cn1cc(C(=N)N)[nH]c1=O. The zero-order valence-corrected chi connectivity index (χ0v) is 5.51. The number of hydrogen-bond acceptors (Lipinski definition) is 2. The lowest BCUT2D eigenvalue weighted by molar-refractivity contribution is 0.862. The number of nitrogens with one attached hydrogen (secondary N) is 2. The van der Waals surface area contributed by atoms with Gasteiger partial charge in [-0.3, -0.25) is 5.41 Å². The minimum atomic E-state index is -0.259. The van der Waals surface area contributed by atoms with E-state index in [2.05, 4.69) is 4.98 Å². The molecule has 0 atom stereocenters. The molecule has 4 N–H and O–H groups in total. The van der Waals surface area contributed by atoms with Gasteiger partial charge in [0.25, 0.3) is 0 Å². The Morgan fingerprint density at radius 2 is 2.50 bits per heavy atom. The second-order valence-corrected chi connectivity index (χ2v) is 2.00. The van der Waals surface area contributed by atoms with Gasteiger partial charge in [0.15, 0.2) is 0 Å². The van der Waals surface area contributed by atoms with E-state index >= 15 is 0 Å². The van der Waals surface area contributed by atoms with Crippen LogP contribution in [0.25, 0.3) is 0 Å². The molecule has 10 heavy (non-hydrogen) atoms. The van der Waals surface area contributed by atoms with Gasteiger partial charge in [-0.15, -0.1) is 0 Å². The summed E-state index contributed by atoms with van der Waals surface area (Å²) in [7, 11) is 1.59. The summed E-state index contributed by atoms with van der Waals surface area (Å²) in [6.45, 7) is 0. The number of nitrogens with two attached hydrogens (primary N) is 1. The van der Waals surface area contributed by atoms with Crippen LogP contribution in [0.15, 0.2) is 11.0 Å². The molecule has 54 valence electrons. The van der Waals surface area contributed by atoms with Gasteiger partial charge < -0.3 is 15.3 Å². The standard InChI is InChI=1S/C5H8N4O/c1-9-2-3(4(6)7)8-5(9)10/h2H,1H3,(H3,6,7)(H,8,10). The van der Waals surface area contributed by atoms with Crippen LogP contribution in [-0.2, 0) is 7.05 Å². The van der Waals surface area contributed by atoms with Gasteiger partial charge in [0.2, 0.25) is 0 Å². The highest BCUT2D eigenvalue weighted by Gasteiger charge is 1.99. The van der Waals surface area contributed by atoms with E-state index in [1.54, 1.807) is 7.05 Å². The van der Waals surface area contributed by atoms with Crippen molar-refractivity contribution in [2.45, 2.75) is 0 Å². The van der Waals surface area contributed by atoms with Gasteiger partial charge in [-0.1, -0.05) is 0 Å². The summed E-state index contributed by atoms with van der Waals surface area (Å²) in [5.41, 5.74) is 5.19. The highest BCUT2D eigenvalue weighted by molar-refractivity contribution is 5.92. The summed E-state index contributed by atoms with van der Waals surface area (Å²) < 4.78 is 1.33. The highest BCUT2D eigenvalue weighted by atomic mass is 16.1. The number of aromatic nitrogens is 2. The van der Waals surface area contributed by atoms with Crippen molar-refractivity contribution in [3.05, 3.63) is 22.4 Å². The van der Waals surface area contributed by atoms with Crippen molar-refractivity contribution in [1.82, 2.24) is 9.55 Å². The third-order valence-electron chi connectivity index (χ3n) is 1.17. The van der Waals surface area contributed by atoms with Crippen LogP contribution in [0.3, 0.4) is 0 Å². The number of nitrogen functional groups attached to an aromatic ring is 1. The van der Waals surface area contributed by atoms with E-state index in [0.717, 1.165) is 0 Å². The number of H-pyrrole nitrogens is 1. The van der Waals surface area contributed by atoms with E-state index in [-0.39, 0.29) is 11.5 Å². The molecule has 0 spiro atoms. The van der Waals surface area contributed by atoms with Crippen LogP contribution in [0, 0.1) is 5.41 Å². The van der Waals surface area contributed by atoms with E-state index in [0.29, 0.717) is 5.69 Å². The number of amidine groups is 1. The number of hydrogen-bond donors (Lipinski definition) is 3. The van der Waals surface area contributed by atoms with Crippen molar-refractivity contribution in [2.75, 3.05) is 0 Å². The molecule has 1 rings (SSSR count). The molecule has 5 heteroatoms. The molecule has 0 bridgehead atoms. The molecule has 0 amide bonds. The zero-order valence-electron chi connectivity index (χ0n) is 5.51. The third kappa shape index (κ3) is 0.928. The summed E-state index contributed by atoms with van der Waals surface area (Å²) in [5.74, 6) is -0.127. The van der Waals surface area contributed by atoms with E-state index in [4.69, 9.17) is 11.1 Å². The van der Waals surface area contributed by atoms with Crippen LogP contribution in [0.2, 0.25) is 0 Å². The maximum absolute atomic E-state index is 10.7. The van der Waals surface area contributed by atoms with E-state index in [1.165, 1.54) is 10.8 Å². The van der Waals surface area contributed by atoms with Gasteiger partial charge >= 0.3 is 5.69 Å². The topological polar surface area (TPSA) is 87.7 Å². The maximum Gasteiger partial charge on any atom is 0.325 e. The van der Waals surface area contributed by atoms with Crippen molar-refractivity contribution >= 4 is 5.84 Å². The molecule has 0 aromatic carbocycles. The fourth-order valence-corrected chi connectivity index (χ4v) is 0.625. The second-order valence-electron chi connectivity index (χ2n) is 2.00. The normalized spacial score (nSPS) is 9.70. The van der Waals surface area contributed by atoms with Crippen LogP contribution >= 0.6 is 0 Å². The average molecular weight is 140 g/mol. The first kappa shape index (κ1) is 6.60. The van der Waals surface area contributed by atoms with Crippen molar-refractivity contribution in [3.63, 3.8) is 0 Å². The predicted molar refractivity (Wildman–Crippen MR) is 37.0 cm³/mol. The van der Waals surface area contributed by atoms with E-state index in [9.17, 15) is 4.79 Å². The number of aryl methyl sites for hydroxylation is 1. The first-order valence-corrected chi connectivity index (χ1v) is 2.71. The number of imidazole rings is 1. The van der Waals surface area contributed by atoms with Crippen molar-refractivity contribution < 1.29 is 0 Å². The summed E-state index contributed by atoms with van der Waals surface area (Å²) in [6, 6.07) is 0. The Balaban J connectivity index is 3.23. The van der Waals surface area contributed by atoms with Gasteiger partial charge in [0, 0.05) is 13.2 Å². The Labute approximate surface area is 57.0 Å². The van der Waals surface area contributed by atoms with Crippen molar-refractivity contribution in [2.24, 2.45) is 12.8 Å². The Morgan fingerprint density at radius 1 is 1.90 bits per heavy atom. The fourth-order valence-electron chi connectivity index (χ4n) is 0.625. The molecular formula is C5H8N4O. The summed E-state index contributed by atoms with van der Waals surface area (Å²) in [5, 5.41) is 6.94. The molecule has 0 aliphatic carbocycles. The van der Waals surface area contributed by atoms with Crippen LogP contribution in [0.1, 0.15) is 5.69 Å². The molecule has 0 aliphatic heterocycles. The van der Waals surface area contributed by atoms with Gasteiger partial charge in [-0.25, -0.2) is 4.79 Å². The molecule has 0 saturated heterocycles. The Kier molecular flexibility index (Phi) is 1.33. The highest BCUT2D eigenvalue weighted by Crippen LogP contribution is 1.85. The smallest absolute Gasteiger partial charge is 0.325 e. The molecule has 0 saturated carbocycles. The maximum atomic E-state index is 10.7. The number of nitrogens with zero attached hydrogens (tertiary/aromatic N) is 1. The van der Waals surface area contributed by atoms with Gasteiger partial charge in [-0.05, 0) is 0 Å². The molecule has 0 aliphatic rings. The Hall–Kier alpha value is -1.52. The van der Waals surface area contributed by atoms with Gasteiger partial charge in [0.1, 0.15) is 11.5 Å². The fraction of sp³-hybridized carbons (Fsp3) is 0.200. The minimum absolute atomic E-state index is 0.127. The predicted octanol–water partition coefficient (Wildman–Crippen LogP) is -1.00. The Morgan fingerprint density at radius 3 is 2.70 bits per heavy atom. The van der Waals surface area contributed by atoms with Crippen molar-refractivity contribution in [3.8, 4) is 0 Å². The van der Waals surface area contributed by atoms with Gasteiger partial charge in [0.05, 0.1) is 0 Å². The summed E-state index contributed by atoms with van der Waals surface area (Å²) in [4.78, 5) is 13.1. The molecule has 0 radical (unpaired) electrons. The van der Waals surface area contributed by atoms with E-state index in [1.807, 2.05) is 0 Å². The lowest BCUT2D eigenvalue weighted by Crippen LogP contribution is -2.14. The zero-order chi connectivity index (χ0) is 7.72. The van der Waals surface area contributed by atoms with Gasteiger partial charge in [-0.2, -0.15) is 0 Å². The molecule has 5 nitrogen and oxygen atoms in total. The Bertz CT molecular complexity index is 308. The van der Waals surface area contributed by atoms with Crippen molar-refractivity contribution in [1.29, 1.82) is 5.41 Å². The molecule has 1 aromatic rings. The number of aromatic amines is 1. The average Bonchev–Trinajstić information content (AvgIpc) is 2.13. The summed E-state index contributed by atoms with van der Waals surface area (Å²) >= 11 is 0. The van der Waals surface area contributed by atoms with Crippen LogP contribution in [0.4, 0.5) is 0 Å². The molecular weight excluding hydrogens is 132 g/mol. The third-order valence-corrected chi connectivity index (χ3v) is 1.17. The molecule has 0 fully saturated rings. The quantitative estimate of drug-likeness (QED) is 0.345. The van der Waals surface area contributed by atoms with Crippen LogP contribution < -0.4 is 11.4 Å². The van der Waals surface area contributed by atoms with E-state index < -0.39 is 0 Å². The summed E-state index contributed by atoms with van der Waals surface area (Å²) in [6.07, 6.45) is 1.48. The lowest BCUT2D eigenvalue weighted by Gasteiger charge is -1.86. The first-order chi connectivity index (χ1) is 4.61. The largest absolute Gasteiger partial charge is 0.382 e. The number of rotatable bonds is 1. The first-order valence-electron chi connectivity index (χ1n) is 2.71. The molecule has 1 aromatic heterocycles. The second kappa shape index (κ2) is 2.02. The lowest BCUT2D eigenvalue weighted by atomic mass is 10.4. The monoisotopic (exact) mass is 140 g/mol. The van der Waals surface area contributed by atoms with Crippen LogP contribution in [-0.4, -0.2) is 15.4 Å². The van der Waals surface area contributed by atoms with Crippen LogP contribution in [0.5, 0.6) is 0 Å². The molecule has 1 heterocycles. The molecule has 0 unspecified atom stereocenters.